The molecule has 0 unspecified atom stereocenters. The van der Waals surface area contributed by atoms with E-state index in [9.17, 15) is 0 Å². The lowest BCUT2D eigenvalue weighted by atomic mass is 10.2. The van der Waals surface area contributed by atoms with Crippen LogP contribution in [0.1, 0.15) is 5.76 Å². The van der Waals surface area contributed by atoms with E-state index < -0.39 is 0 Å². The van der Waals surface area contributed by atoms with Gasteiger partial charge in [0.25, 0.3) is 0 Å². The molecule has 0 aliphatic heterocycles. The second-order valence-corrected chi connectivity index (χ2v) is 5.57. The van der Waals surface area contributed by atoms with E-state index in [2.05, 4.69) is 25.5 Å². The predicted molar refractivity (Wildman–Crippen MR) is 97.6 cm³/mol. The summed E-state index contributed by atoms with van der Waals surface area (Å²) in [5, 5.41) is 10.6. The summed E-state index contributed by atoms with van der Waals surface area (Å²) >= 11 is 0. The maximum atomic E-state index is 5.35. The molecule has 26 heavy (non-hydrogen) atoms. The topological polar surface area (TPSA) is 88.9 Å². The van der Waals surface area contributed by atoms with Crippen molar-refractivity contribution in [1.29, 1.82) is 0 Å². The van der Waals surface area contributed by atoms with Gasteiger partial charge in [-0.2, -0.15) is 5.10 Å². The van der Waals surface area contributed by atoms with Crippen LogP contribution in [0.2, 0.25) is 0 Å². The third kappa shape index (κ3) is 3.27. The number of nitrogens with zero attached hydrogens (tertiary/aromatic N) is 3. The Kier molecular flexibility index (Phi) is 4.34. The molecule has 0 bridgehead atoms. The van der Waals surface area contributed by atoms with E-state index in [1.54, 1.807) is 19.6 Å². The number of rotatable bonds is 6. The molecular formula is C19H17N5O2. The zero-order valence-corrected chi connectivity index (χ0v) is 14.1. The molecule has 0 amide bonds. The fraction of sp³-hybridized carbons (Fsp3) is 0.105. The number of pyridine rings is 1. The van der Waals surface area contributed by atoms with Crippen molar-refractivity contribution in [3.05, 3.63) is 66.8 Å². The summed E-state index contributed by atoms with van der Waals surface area (Å²) in [5.74, 6) is 3.53. The number of hydrogen-bond donors (Lipinski definition) is 2. The fourth-order valence-electron chi connectivity index (χ4n) is 2.59. The van der Waals surface area contributed by atoms with Crippen LogP contribution in [-0.2, 0) is 6.54 Å². The van der Waals surface area contributed by atoms with Gasteiger partial charge < -0.3 is 14.5 Å². The standard InChI is InChI=1S/C19H17N5O2/c1-25-14-6-2-5-13(11-14)17-22-19(24-23-17)16-8-3-9-20-18(16)21-12-15-7-4-10-26-15/h2-11H,12H2,1H3,(H,20,21)(H,22,23,24). The van der Waals surface area contributed by atoms with E-state index in [1.165, 1.54) is 0 Å². The molecule has 0 saturated carbocycles. The lowest BCUT2D eigenvalue weighted by Crippen LogP contribution is -2.02. The van der Waals surface area contributed by atoms with E-state index in [-0.39, 0.29) is 0 Å². The van der Waals surface area contributed by atoms with Crippen LogP contribution in [0.3, 0.4) is 0 Å². The quantitative estimate of drug-likeness (QED) is 0.552. The Bertz CT molecular complexity index is 995. The molecule has 0 radical (unpaired) electrons. The monoisotopic (exact) mass is 347 g/mol. The molecule has 0 aliphatic rings. The first kappa shape index (κ1) is 15.9. The van der Waals surface area contributed by atoms with Crippen LogP contribution < -0.4 is 10.1 Å². The van der Waals surface area contributed by atoms with E-state index in [1.807, 2.05) is 48.5 Å². The van der Waals surface area contributed by atoms with Crippen molar-refractivity contribution in [2.75, 3.05) is 12.4 Å². The fourth-order valence-corrected chi connectivity index (χ4v) is 2.59. The van der Waals surface area contributed by atoms with E-state index in [0.717, 1.165) is 22.6 Å². The number of aromatic nitrogens is 4. The van der Waals surface area contributed by atoms with Gasteiger partial charge in [-0.3, -0.25) is 5.10 Å². The minimum Gasteiger partial charge on any atom is -0.497 e. The first-order valence-electron chi connectivity index (χ1n) is 8.12. The number of methoxy groups -OCH3 is 1. The van der Waals surface area contributed by atoms with Crippen molar-refractivity contribution in [1.82, 2.24) is 20.2 Å². The Hall–Kier alpha value is -3.61. The molecule has 0 fully saturated rings. The van der Waals surface area contributed by atoms with Crippen LogP contribution in [0.25, 0.3) is 22.8 Å². The first-order chi connectivity index (χ1) is 12.8. The van der Waals surface area contributed by atoms with Gasteiger partial charge in [-0.1, -0.05) is 12.1 Å². The Morgan fingerprint density at radius 1 is 1.15 bits per heavy atom. The summed E-state index contributed by atoms with van der Waals surface area (Å²) in [7, 11) is 1.63. The second-order valence-electron chi connectivity index (χ2n) is 5.57. The molecule has 130 valence electrons. The van der Waals surface area contributed by atoms with Gasteiger partial charge in [-0.25, -0.2) is 9.97 Å². The van der Waals surface area contributed by atoms with Crippen molar-refractivity contribution < 1.29 is 9.15 Å². The molecule has 2 N–H and O–H groups in total. The Morgan fingerprint density at radius 2 is 2.12 bits per heavy atom. The molecule has 3 heterocycles. The normalized spacial score (nSPS) is 10.7. The molecule has 3 aromatic heterocycles. The van der Waals surface area contributed by atoms with Gasteiger partial charge in [0, 0.05) is 11.8 Å². The average Bonchev–Trinajstić information content (AvgIpc) is 3.39. The molecule has 1 aromatic carbocycles. The number of hydrogen-bond acceptors (Lipinski definition) is 6. The number of nitrogens with one attached hydrogen (secondary N) is 2. The predicted octanol–water partition coefficient (Wildman–Crippen LogP) is 3.75. The maximum Gasteiger partial charge on any atom is 0.181 e. The van der Waals surface area contributed by atoms with Crippen molar-refractivity contribution in [3.63, 3.8) is 0 Å². The highest BCUT2D eigenvalue weighted by Crippen LogP contribution is 2.26. The molecular weight excluding hydrogens is 330 g/mol. The highest BCUT2D eigenvalue weighted by atomic mass is 16.5. The summed E-state index contributed by atoms with van der Waals surface area (Å²) in [4.78, 5) is 9.01. The Labute approximate surface area is 150 Å². The third-order valence-corrected chi connectivity index (χ3v) is 3.89. The molecule has 4 aromatic rings. The van der Waals surface area contributed by atoms with Crippen LogP contribution in [0.5, 0.6) is 5.75 Å². The minimum absolute atomic E-state index is 0.536. The number of furan rings is 1. The Balaban J connectivity index is 1.61. The first-order valence-corrected chi connectivity index (χ1v) is 8.12. The SMILES string of the molecule is COc1cccc(-c2n[nH]c(-c3cccnc3NCc3ccco3)n2)c1. The molecule has 0 atom stereocenters. The van der Waals surface area contributed by atoms with Crippen molar-refractivity contribution >= 4 is 5.82 Å². The van der Waals surface area contributed by atoms with Gasteiger partial charge in [-0.05, 0) is 36.4 Å². The highest BCUT2D eigenvalue weighted by molar-refractivity contribution is 5.71. The minimum atomic E-state index is 0.536. The lowest BCUT2D eigenvalue weighted by Gasteiger charge is -2.07. The second kappa shape index (κ2) is 7.10. The smallest absolute Gasteiger partial charge is 0.181 e. The number of ether oxygens (including phenoxy) is 1. The summed E-state index contributed by atoms with van der Waals surface area (Å²) in [6.45, 7) is 0.536. The zero-order chi connectivity index (χ0) is 17.8. The maximum absolute atomic E-state index is 5.35. The van der Waals surface area contributed by atoms with Crippen LogP contribution >= 0.6 is 0 Å². The largest absolute Gasteiger partial charge is 0.497 e. The van der Waals surface area contributed by atoms with Gasteiger partial charge in [0.2, 0.25) is 0 Å². The molecule has 4 rings (SSSR count). The molecule has 0 saturated heterocycles. The van der Waals surface area contributed by atoms with Gasteiger partial charge >= 0.3 is 0 Å². The summed E-state index contributed by atoms with van der Waals surface area (Å²) in [6, 6.07) is 15.2. The van der Waals surface area contributed by atoms with Gasteiger partial charge in [0.15, 0.2) is 11.6 Å². The van der Waals surface area contributed by atoms with Gasteiger partial charge in [0.05, 0.1) is 25.5 Å². The molecule has 0 aliphatic carbocycles. The van der Waals surface area contributed by atoms with E-state index >= 15 is 0 Å². The van der Waals surface area contributed by atoms with Crippen LogP contribution in [-0.4, -0.2) is 27.3 Å². The summed E-state index contributed by atoms with van der Waals surface area (Å²) in [5.41, 5.74) is 1.71. The van der Waals surface area contributed by atoms with Crippen LogP contribution in [0.4, 0.5) is 5.82 Å². The highest BCUT2D eigenvalue weighted by Gasteiger charge is 2.13. The summed E-state index contributed by atoms with van der Waals surface area (Å²) < 4.78 is 10.6. The number of benzene rings is 1. The van der Waals surface area contributed by atoms with E-state index in [4.69, 9.17) is 9.15 Å². The van der Waals surface area contributed by atoms with Gasteiger partial charge in [0.1, 0.15) is 17.3 Å². The number of anilines is 1. The Morgan fingerprint density at radius 3 is 2.96 bits per heavy atom. The van der Waals surface area contributed by atoms with Gasteiger partial charge in [-0.15, -0.1) is 0 Å². The molecule has 0 spiro atoms. The molecule has 7 heteroatoms. The van der Waals surface area contributed by atoms with Crippen molar-refractivity contribution in [2.45, 2.75) is 6.54 Å². The van der Waals surface area contributed by atoms with E-state index in [0.29, 0.717) is 24.0 Å². The van der Waals surface area contributed by atoms with Crippen LogP contribution in [0, 0.1) is 0 Å². The zero-order valence-electron chi connectivity index (χ0n) is 14.1. The third-order valence-electron chi connectivity index (χ3n) is 3.89. The summed E-state index contributed by atoms with van der Waals surface area (Å²) in [6.07, 6.45) is 3.38. The average molecular weight is 347 g/mol. The lowest BCUT2D eigenvalue weighted by molar-refractivity contribution is 0.415. The van der Waals surface area contributed by atoms with Crippen molar-refractivity contribution in [2.24, 2.45) is 0 Å². The van der Waals surface area contributed by atoms with Crippen LogP contribution in [0.15, 0.2) is 65.4 Å². The number of H-pyrrole nitrogens is 1. The number of aromatic amines is 1. The van der Waals surface area contributed by atoms with Crippen molar-refractivity contribution in [3.8, 4) is 28.5 Å². The molecule has 7 nitrogen and oxygen atoms in total.